The monoisotopic (exact) mass is 503 g/mol. The van der Waals surface area contributed by atoms with E-state index in [9.17, 15) is 5.26 Å². The van der Waals surface area contributed by atoms with Crippen LogP contribution < -0.4 is 20.0 Å². The molecule has 0 amide bonds. The van der Waals surface area contributed by atoms with Crippen molar-refractivity contribution in [1.82, 2.24) is 15.2 Å². The fourth-order valence-electron chi connectivity index (χ4n) is 5.79. The van der Waals surface area contributed by atoms with Crippen LogP contribution in [0, 0.1) is 11.3 Å². The van der Waals surface area contributed by atoms with Crippen LogP contribution in [0.1, 0.15) is 16.7 Å². The van der Waals surface area contributed by atoms with Gasteiger partial charge in [-0.3, -0.25) is 0 Å². The number of hydrogen-bond acceptors (Lipinski definition) is 7. The summed E-state index contributed by atoms with van der Waals surface area (Å²) in [7, 11) is 2.16. The van der Waals surface area contributed by atoms with E-state index in [2.05, 4.69) is 80.5 Å². The largest absolute Gasteiger partial charge is 0.366 e. The summed E-state index contributed by atoms with van der Waals surface area (Å²) in [5.41, 5.74) is 4.47. The number of anilines is 3. The van der Waals surface area contributed by atoms with Gasteiger partial charge in [-0.25, -0.2) is 4.98 Å². The lowest BCUT2D eigenvalue weighted by Crippen LogP contribution is -2.47. The molecular formula is C28H34ClN7. The molecule has 0 unspecified atom stereocenters. The molecule has 0 atom stereocenters. The van der Waals surface area contributed by atoms with Gasteiger partial charge < -0.3 is 24.9 Å². The van der Waals surface area contributed by atoms with Gasteiger partial charge in [-0.05, 0) is 30.5 Å². The standard InChI is InChI=1S/C28H33N7.ClH/c1-32-15-17-34(18-16-32)28-24(19-29)25-20-35(26-8-4-6-21-5-2-3-7-22(21)26)12-9-23(25)27(31-28)33-13-10-30-11-14-33;/h2-8,30H,9-18,20H2,1H3;1H. The molecule has 0 bridgehead atoms. The predicted molar refractivity (Wildman–Crippen MR) is 150 cm³/mol. The first-order valence-electron chi connectivity index (χ1n) is 12.8. The van der Waals surface area contributed by atoms with E-state index in [4.69, 9.17) is 4.98 Å². The highest BCUT2D eigenvalue weighted by Crippen LogP contribution is 2.38. The molecule has 6 rings (SSSR count). The van der Waals surface area contributed by atoms with Crippen LogP contribution in [0.5, 0.6) is 0 Å². The van der Waals surface area contributed by atoms with Gasteiger partial charge >= 0.3 is 0 Å². The van der Waals surface area contributed by atoms with E-state index in [0.717, 1.165) is 89.1 Å². The van der Waals surface area contributed by atoms with Gasteiger partial charge in [-0.1, -0.05) is 36.4 Å². The molecule has 0 aliphatic carbocycles. The quantitative estimate of drug-likeness (QED) is 0.588. The van der Waals surface area contributed by atoms with Crippen LogP contribution in [0.4, 0.5) is 17.3 Å². The zero-order chi connectivity index (χ0) is 23.8. The van der Waals surface area contributed by atoms with Gasteiger partial charge in [0, 0.05) is 82.1 Å². The summed E-state index contributed by atoms with van der Waals surface area (Å²) in [6, 6.07) is 17.7. The van der Waals surface area contributed by atoms with E-state index in [1.165, 1.54) is 27.6 Å². The molecule has 36 heavy (non-hydrogen) atoms. The van der Waals surface area contributed by atoms with Crippen molar-refractivity contribution in [3.05, 3.63) is 59.2 Å². The summed E-state index contributed by atoms with van der Waals surface area (Å²) in [6.45, 7) is 9.35. The first-order chi connectivity index (χ1) is 17.2. The summed E-state index contributed by atoms with van der Waals surface area (Å²) in [6.07, 6.45) is 0.905. The van der Waals surface area contributed by atoms with Gasteiger partial charge in [0.15, 0.2) is 0 Å². The van der Waals surface area contributed by atoms with Crippen molar-refractivity contribution >= 4 is 40.5 Å². The molecule has 188 valence electrons. The van der Waals surface area contributed by atoms with Crippen LogP contribution >= 0.6 is 12.4 Å². The average Bonchev–Trinajstić information content (AvgIpc) is 2.92. The van der Waals surface area contributed by atoms with E-state index in [0.29, 0.717) is 0 Å². The Balaban J connectivity index is 0.00000267. The van der Waals surface area contributed by atoms with Crippen molar-refractivity contribution in [2.75, 3.05) is 80.7 Å². The molecule has 7 nitrogen and oxygen atoms in total. The molecule has 3 aliphatic heterocycles. The average molecular weight is 504 g/mol. The number of nitriles is 1. The Labute approximate surface area is 219 Å². The number of nitrogens with one attached hydrogen (secondary N) is 1. The number of rotatable bonds is 3. The molecule has 1 aromatic heterocycles. The van der Waals surface area contributed by atoms with E-state index in [-0.39, 0.29) is 12.4 Å². The maximum atomic E-state index is 10.4. The Hall–Kier alpha value is -3.05. The van der Waals surface area contributed by atoms with Crippen LogP contribution in [0.2, 0.25) is 0 Å². The first-order valence-corrected chi connectivity index (χ1v) is 12.8. The van der Waals surface area contributed by atoms with Gasteiger partial charge in [0.05, 0.1) is 5.56 Å². The second-order valence-electron chi connectivity index (χ2n) is 9.90. The number of benzene rings is 2. The second kappa shape index (κ2) is 10.5. The summed E-state index contributed by atoms with van der Waals surface area (Å²) in [5.74, 6) is 1.99. The Morgan fingerprint density at radius 1 is 0.806 bits per heavy atom. The zero-order valence-electron chi connectivity index (χ0n) is 20.9. The van der Waals surface area contributed by atoms with Crippen molar-refractivity contribution < 1.29 is 0 Å². The minimum atomic E-state index is 0. The molecular weight excluding hydrogens is 470 g/mol. The Bertz CT molecular complexity index is 1270. The molecule has 0 radical (unpaired) electrons. The van der Waals surface area contributed by atoms with Gasteiger partial charge in [0.2, 0.25) is 0 Å². The molecule has 2 saturated heterocycles. The zero-order valence-corrected chi connectivity index (χ0v) is 21.7. The maximum Gasteiger partial charge on any atom is 0.149 e. The molecule has 2 aromatic carbocycles. The molecule has 1 N–H and O–H groups in total. The lowest BCUT2D eigenvalue weighted by molar-refractivity contribution is 0.312. The molecule has 0 spiro atoms. The number of likely N-dealkylation sites (N-methyl/N-ethyl adjacent to an activating group) is 1. The van der Waals surface area contributed by atoms with Crippen LogP contribution in [-0.2, 0) is 13.0 Å². The second-order valence-corrected chi connectivity index (χ2v) is 9.90. The van der Waals surface area contributed by atoms with Crippen LogP contribution in [0.25, 0.3) is 10.8 Å². The number of halogens is 1. The number of hydrogen-bond donors (Lipinski definition) is 1. The summed E-state index contributed by atoms with van der Waals surface area (Å²) in [5, 5.41) is 16.4. The number of nitrogens with zero attached hydrogens (tertiary/aromatic N) is 6. The number of aromatic nitrogens is 1. The third-order valence-electron chi connectivity index (χ3n) is 7.79. The Kier molecular flexibility index (Phi) is 7.20. The molecule has 4 heterocycles. The predicted octanol–water partition coefficient (Wildman–Crippen LogP) is 3.25. The summed E-state index contributed by atoms with van der Waals surface area (Å²) in [4.78, 5) is 14.8. The topological polar surface area (TPSA) is 61.7 Å². The van der Waals surface area contributed by atoms with Gasteiger partial charge in [-0.2, -0.15) is 5.26 Å². The van der Waals surface area contributed by atoms with Gasteiger partial charge in [0.25, 0.3) is 0 Å². The number of fused-ring (bicyclic) bond motifs is 2. The minimum Gasteiger partial charge on any atom is -0.366 e. The van der Waals surface area contributed by atoms with E-state index >= 15 is 0 Å². The van der Waals surface area contributed by atoms with Gasteiger partial charge in [-0.15, -0.1) is 12.4 Å². The fourth-order valence-corrected chi connectivity index (χ4v) is 5.79. The molecule has 2 fully saturated rings. The third kappa shape index (κ3) is 4.45. The molecule has 0 saturated carbocycles. The Morgan fingerprint density at radius 2 is 1.53 bits per heavy atom. The van der Waals surface area contributed by atoms with E-state index in [1.807, 2.05) is 0 Å². The van der Waals surface area contributed by atoms with Crippen molar-refractivity contribution in [2.45, 2.75) is 13.0 Å². The Morgan fingerprint density at radius 3 is 2.31 bits per heavy atom. The van der Waals surface area contributed by atoms with Crippen LogP contribution in [0.15, 0.2) is 42.5 Å². The molecule has 3 aromatic rings. The highest BCUT2D eigenvalue weighted by Gasteiger charge is 2.31. The number of piperazine rings is 2. The molecule has 3 aliphatic rings. The fraction of sp³-hybridized carbons (Fsp3) is 0.429. The van der Waals surface area contributed by atoms with E-state index in [1.54, 1.807) is 0 Å². The summed E-state index contributed by atoms with van der Waals surface area (Å²) < 4.78 is 0. The van der Waals surface area contributed by atoms with Crippen molar-refractivity contribution in [3.8, 4) is 6.07 Å². The van der Waals surface area contributed by atoms with Crippen molar-refractivity contribution in [1.29, 1.82) is 5.26 Å². The lowest BCUT2D eigenvalue weighted by atomic mass is 9.94. The first kappa shape index (κ1) is 24.6. The highest BCUT2D eigenvalue weighted by molar-refractivity contribution is 5.94. The normalized spacial score (nSPS) is 18.5. The summed E-state index contributed by atoms with van der Waals surface area (Å²) >= 11 is 0. The lowest BCUT2D eigenvalue weighted by Gasteiger charge is -2.39. The highest BCUT2D eigenvalue weighted by atomic mass is 35.5. The van der Waals surface area contributed by atoms with Crippen LogP contribution in [0.3, 0.4) is 0 Å². The van der Waals surface area contributed by atoms with Gasteiger partial charge in [0.1, 0.15) is 17.7 Å². The third-order valence-corrected chi connectivity index (χ3v) is 7.79. The maximum absolute atomic E-state index is 10.4. The van der Waals surface area contributed by atoms with Crippen molar-refractivity contribution in [3.63, 3.8) is 0 Å². The number of pyridine rings is 1. The smallest absolute Gasteiger partial charge is 0.149 e. The van der Waals surface area contributed by atoms with E-state index < -0.39 is 0 Å². The SMILES string of the molecule is CN1CCN(c2nc(N3CCNCC3)c3c(c2C#N)CN(c2cccc4ccccc24)CC3)CC1.Cl. The molecule has 8 heteroatoms. The van der Waals surface area contributed by atoms with Crippen LogP contribution in [-0.4, -0.2) is 75.8 Å². The van der Waals surface area contributed by atoms with Crippen molar-refractivity contribution in [2.24, 2.45) is 0 Å². The minimum absolute atomic E-state index is 0.